The van der Waals surface area contributed by atoms with Crippen LogP contribution in [0.2, 0.25) is 0 Å². The number of amides is 1. The third-order valence-corrected chi connectivity index (χ3v) is 3.48. The molecule has 104 valence electrons. The van der Waals surface area contributed by atoms with Crippen LogP contribution in [0.1, 0.15) is 31.4 Å². The smallest absolute Gasteiger partial charge is 0.242 e. The van der Waals surface area contributed by atoms with E-state index in [0.29, 0.717) is 6.54 Å². The lowest BCUT2D eigenvalue weighted by molar-refractivity contribution is -0.128. The zero-order valence-corrected chi connectivity index (χ0v) is 11.5. The fourth-order valence-electron chi connectivity index (χ4n) is 2.22. The SMILES string of the molecule is C[C@H](O)c1ccc(N(C)CC(=O)N2CCCC2)nc1. The Hall–Kier alpha value is -1.62. The molecule has 19 heavy (non-hydrogen) atoms. The van der Waals surface area contributed by atoms with Crippen LogP contribution in [-0.2, 0) is 4.79 Å². The molecule has 1 aliphatic heterocycles. The van der Waals surface area contributed by atoms with Crippen LogP contribution in [0.4, 0.5) is 5.82 Å². The van der Waals surface area contributed by atoms with Gasteiger partial charge in [-0.15, -0.1) is 0 Å². The highest BCUT2D eigenvalue weighted by atomic mass is 16.3. The summed E-state index contributed by atoms with van der Waals surface area (Å²) in [6.45, 7) is 3.81. The van der Waals surface area contributed by atoms with Crippen molar-refractivity contribution in [3.63, 3.8) is 0 Å². The summed E-state index contributed by atoms with van der Waals surface area (Å²) in [5, 5.41) is 9.43. The van der Waals surface area contributed by atoms with Crippen molar-refractivity contribution in [3.8, 4) is 0 Å². The van der Waals surface area contributed by atoms with Gasteiger partial charge in [0.1, 0.15) is 5.82 Å². The highest BCUT2D eigenvalue weighted by Gasteiger charge is 2.19. The third kappa shape index (κ3) is 3.44. The number of nitrogens with zero attached hydrogens (tertiary/aromatic N) is 3. The molecule has 0 spiro atoms. The molecule has 0 saturated carbocycles. The van der Waals surface area contributed by atoms with E-state index in [4.69, 9.17) is 0 Å². The molecule has 2 rings (SSSR count). The van der Waals surface area contributed by atoms with Gasteiger partial charge in [-0.3, -0.25) is 4.79 Å². The zero-order valence-electron chi connectivity index (χ0n) is 11.5. The average Bonchev–Trinajstić information content (AvgIpc) is 2.92. The molecule has 0 unspecified atom stereocenters. The van der Waals surface area contributed by atoms with E-state index in [-0.39, 0.29) is 5.91 Å². The van der Waals surface area contributed by atoms with Crippen LogP contribution in [-0.4, -0.2) is 47.6 Å². The Labute approximate surface area is 113 Å². The van der Waals surface area contributed by atoms with E-state index in [9.17, 15) is 9.90 Å². The van der Waals surface area contributed by atoms with Crippen LogP contribution in [0.3, 0.4) is 0 Å². The number of likely N-dealkylation sites (tertiary alicyclic amines) is 1. The minimum atomic E-state index is -0.516. The molecule has 1 fully saturated rings. The van der Waals surface area contributed by atoms with Crippen molar-refractivity contribution in [2.24, 2.45) is 0 Å². The number of hydrogen-bond acceptors (Lipinski definition) is 4. The Morgan fingerprint density at radius 3 is 2.68 bits per heavy atom. The summed E-state index contributed by atoms with van der Waals surface area (Å²) < 4.78 is 0. The molecule has 0 aromatic carbocycles. The molecule has 1 N–H and O–H groups in total. The first-order valence-electron chi connectivity index (χ1n) is 6.71. The third-order valence-electron chi connectivity index (χ3n) is 3.48. The monoisotopic (exact) mass is 263 g/mol. The summed E-state index contributed by atoms with van der Waals surface area (Å²) in [6.07, 6.45) is 3.35. The van der Waals surface area contributed by atoms with Crippen LogP contribution in [0.5, 0.6) is 0 Å². The molecule has 0 radical (unpaired) electrons. The van der Waals surface area contributed by atoms with E-state index in [1.165, 1.54) is 0 Å². The van der Waals surface area contributed by atoms with E-state index in [1.807, 2.05) is 29.0 Å². The van der Waals surface area contributed by atoms with E-state index < -0.39 is 6.10 Å². The van der Waals surface area contributed by atoms with Gasteiger partial charge in [-0.2, -0.15) is 0 Å². The lowest BCUT2D eigenvalue weighted by atomic mass is 10.2. The first-order chi connectivity index (χ1) is 9.08. The largest absolute Gasteiger partial charge is 0.389 e. The van der Waals surface area contributed by atoms with Crippen molar-refractivity contribution in [2.45, 2.75) is 25.9 Å². The van der Waals surface area contributed by atoms with Gasteiger partial charge in [-0.05, 0) is 31.4 Å². The van der Waals surface area contributed by atoms with E-state index >= 15 is 0 Å². The normalized spacial score (nSPS) is 16.5. The Balaban J connectivity index is 1.95. The van der Waals surface area contributed by atoms with E-state index in [1.54, 1.807) is 13.1 Å². The van der Waals surface area contributed by atoms with Gasteiger partial charge in [-0.25, -0.2) is 4.98 Å². The number of rotatable bonds is 4. The second kappa shape index (κ2) is 6.02. The first kappa shape index (κ1) is 13.8. The Morgan fingerprint density at radius 2 is 2.16 bits per heavy atom. The van der Waals surface area contributed by atoms with Gasteiger partial charge < -0.3 is 14.9 Å². The van der Waals surface area contributed by atoms with Crippen LogP contribution in [0, 0.1) is 0 Å². The van der Waals surface area contributed by atoms with Crippen LogP contribution in [0.25, 0.3) is 0 Å². The Bertz CT molecular complexity index is 425. The zero-order chi connectivity index (χ0) is 13.8. The number of carbonyl (C=O) groups excluding carboxylic acids is 1. The molecular weight excluding hydrogens is 242 g/mol. The average molecular weight is 263 g/mol. The number of aliphatic hydroxyl groups is 1. The maximum absolute atomic E-state index is 12.0. The Kier molecular flexibility index (Phi) is 4.37. The molecule has 5 nitrogen and oxygen atoms in total. The van der Waals surface area contributed by atoms with Crippen molar-refractivity contribution in [1.29, 1.82) is 0 Å². The number of carbonyl (C=O) groups is 1. The van der Waals surface area contributed by atoms with Crippen molar-refractivity contribution in [2.75, 3.05) is 31.6 Å². The lowest BCUT2D eigenvalue weighted by Gasteiger charge is -2.22. The van der Waals surface area contributed by atoms with Crippen molar-refractivity contribution < 1.29 is 9.90 Å². The quantitative estimate of drug-likeness (QED) is 0.886. The standard InChI is InChI=1S/C14H21N3O2/c1-11(18)12-5-6-13(15-9-12)16(2)10-14(19)17-7-3-4-8-17/h5-6,9,11,18H,3-4,7-8,10H2,1-2H3/t11-/m0/s1. The van der Waals surface area contributed by atoms with Gasteiger partial charge in [0.25, 0.3) is 0 Å². The summed E-state index contributed by atoms with van der Waals surface area (Å²) in [6, 6.07) is 3.67. The molecule has 1 aromatic rings. The first-order valence-corrected chi connectivity index (χ1v) is 6.71. The summed E-state index contributed by atoms with van der Waals surface area (Å²) in [5.74, 6) is 0.901. The number of anilines is 1. The number of aromatic nitrogens is 1. The Morgan fingerprint density at radius 1 is 1.47 bits per heavy atom. The van der Waals surface area contributed by atoms with Gasteiger partial charge in [0.15, 0.2) is 0 Å². The molecule has 0 bridgehead atoms. The highest BCUT2D eigenvalue weighted by Crippen LogP contribution is 2.15. The maximum atomic E-state index is 12.0. The van der Waals surface area contributed by atoms with Crippen molar-refractivity contribution in [1.82, 2.24) is 9.88 Å². The predicted molar refractivity (Wildman–Crippen MR) is 74.0 cm³/mol. The molecule has 2 heterocycles. The van der Waals surface area contributed by atoms with Gasteiger partial charge in [0, 0.05) is 26.3 Å². The van der Waals surface area contributed by atoms with Gasteiger partial charge in [0.2, 0.25) is 5.91 Å². The number of pyridine rings is 1. The summed E-state index contributed by atoms with van der Waals surface area (Å²) in [4.78, 5) is 20.0. The minimum absolute atomic E-state index is 0.154. The molecule has 5 heteroatoms. The minimum Gasteiger partial charge on any atom is -0.389 e. The number of likely N-dealkylation sites (N-methyl/N-ethyl adjacent to an activating group) is 1. The molecule has 1 atom stereocenters. The van der Waals surface area contributed by atoms with Gasteiger partial charge in [0.05, 0.1) is 12.6 Å². The van der Waals surface area contributed by atoms with Crippen LogP contribution >= 0.6 is 0 Å². The molecule has 1 aromatic heterocycles. The van der Waals surface area contributed by atoms with Crippen LogP contribution in [0.15, 0.2) is 18.3 Å². The van der Waals surface area contributed by atoms with Gasteiger partial charge >= 0.3 is 0 Å². The van der Waals surface area contributed by atoms with Gasteiger partial charge in [-0.1, -0.05) is 6.07 Å². The molecule has 0 aliphatic carbocycles. The number of hydrogen-bond donors (Lipinski definition) is 1. The molecule has 1 saturated heterocycles. The molecular formula is C14H21N3O2. The van der Waals surface area contributed by atoms with Crippen molar-refractivity contribution >= 4 is 11.7 Å². The second-order valence-corrected chi connectivity index (χ2v) is 5.07. The lowest BCUT2D eigenvalue weighted by Crippen LogP contribution is -2.37. The topological polar surface area (TPSA) is 56.7 Å². The molecule has 1 aliphatic rings. The predicted octanol–water partition coefficient (Wildman–Crippen LogP) is 1.19. The van der Waals surface area contributed by atoms with Crippen molar-refractivity contribution in [3.05, 3.63) is 23.9 Å². The maximum Gasteiger partial charge on any atom is 0.242 e. The molecule has 1 amide bonds. The highest BCUT2D eigenvalue weighted by molar-refractivity contribution is 5.81. The van der Waals surface area contributed by atoms with E-state index in [0.717, 1.165) is 37.3 Å². The summed E-state index contributed by atoms with van der Waals surface area (Å²) in [7, 11) is 1.86. The summed E-state index contributed by atoms with van der Waals surface area (Å²) >= 11 is 0. The summed E-state index contributed by atoms with van der Waals surface area (Å²) in [5.41, 5.74) is 0.781. The second-order valence-electron chi connectivity index (χ2n) is 5.07. The van der Waals surface area contributed by atoms with Crippen LogP contribution < -0.4 is 4.90 Å². The van der Waals surface area contributed by atoms with E-state index in [2.05, 4.69) is 4.98 Å². The number of aliphatic hydroxyl groups excluding tert-OH is 1. The fourth-order valence-corrected chi connectivity index (χ4v) is 2.22. The fraction of sp³-hybridized carbons (Fsp3) is 0.571.